The van der Waals surface area contributed by atoms with Gasteiger partial charge in [0.05, 0.1) is 5.69 Å². The predicted octanol–water partition coefficient (Wildman–Crippen LogP) is 1.98. The fraction of sp³-hybridized carbons (Fsp3) is 0.385. The number of nitrogens with one attached hydrogen (secondary N) is 1. The average Bonchev–Trinajstić information content (AvgIpc) is 2.40. The molecule has 110 valence electrons. The van der Waals surface area contributed by atoms with E-state index in [0.717, 1.165) is 17.9 Å². The number of halogens is 3. The lowest BCUT2D eigenvalue weighted by molar-refractivity contribution is -0.123. The molecule has 0 aromatic heterocycles. The second kappa shape index (κ2) is 6.93. The average molecular weight is 288 g/mol. The Labute approximate surface area is 114 Å². The molecule has 1 aromatic carbocycles. The van der Waals surface area contributed by atoms with Crippen molar-refractivity contribution in [2.24, 2.45) is 0 Å². The van der Waals surface area contributed by atoms with E-state index < -0.39 is 41.5 Å². The number of nitrogens with zero attached hydrogens (tertiary/aromatic N) is 1. The van der Waals surface area contributed by atoms with Gasteiger partial charge in [0.2, 0.25) is 11.8 Å². The molecule has 0 bridgehead atoms. The van der Waals surface area contributed by atoms with E-state index in [1.165, 1.54) is 0 Å². The minimum atomic E-state index is -1.68. The van der Waals surface area contributed by atoms with Crippen molar-refractivity contribution in [3.63, 3.8) is 0 Å². The van der Waals surface area contributed by atoms with Crippen molar-refractivity contribution >= 4 is 17.5 Å². The zero-order valence-electron chi connectivity index (χ0n) is 11.2. The van der Waals surface area contributed by atoms with Crippen LogP contribution in [-0.2, 0) is 9.59 Å². The molecule has 1 rings (SSSR count). The third-order valence-electron chi connectivity index (χ3n) is 2.56. The molecule has 7 heteroatoms. The largest absolute Gasteiger partial charge is 0.355 e. The highest BCUT2D eigenvalue weighted by Gasteiger charge is 2.22. The molecule has 0 fully saturated rings. The first-order valence-corrected chi connectivity index (χ1v) is 6.06. The molecule has 0 radical (unpaired) electrons. The molecular weight excluding hydrogens is 273 g/mol. The van der Waals surface area contributed by atoms with Crippen LogP contribution in [0.15, 0.2) is 12.1 Å². The summed E-state index contributed by atoms with van der Waals surface area (Å²) in [6, 6.07) is 1.62. The summed E-state index contributed by atoms with van der Waals surface area (Å²) in [5, 5.41) is 2.51. The van der Waals surface area contributed by atoms with Gasteiger partial charge >= 0.3 is 0 Å². The Morgan fingerprint density at radius 2 is 1.85 bits per heavy atom. The number of benzene rings is 1. The van der Waals surface area contributed by atoms with E-state index in [-0.39, 0.29) is 0 Å². The van der Waals surface area contributed by atoms with Gasteiger partial charge in [0.1, 0.15) is 6.54 Å². The molecule has 0 aliphatic rings. The van der Waals surface area contributed by atoms with Crippen molar-refractivity contribution in [1.29, 1.82) is 0 Å². The zero-order valence-corrected chi connectivity index (χ0v) is 11.2. The second-order valence-corrected chi connectivity index (χ2v) is 4.15. The highest BCUT2D eigenvalue weighted by Crippen LogP contribution is 2.23. The molecule has 2 amide bonds. The topological polar surface area (TPSA) is 49.4 Å². The molecule has 0 unspecified atom stereocenters. The van der Waals surface area contributed by atoms with E-state index in [2.05, 4.69) is 5.32 Å². The summed E-state index contributed by atoms with van der Waals surface area (Å²) < 4.78 is 39.7. The monoisotopic (exact) mass is 288 g/mol. The number of amides is 2. The van der Waals surface area contributed by atoms with E-state index in [1.807, 2.05) is 6.92 Å². The number of anilines is 1. The SMILES string of the molecule is CCCNC(=O)CN(C(C)=O)c1ccc(F)c(F)c1F. The zero-order chi connectivity index (χ0) is 15.3. The van der Waals surface area contributed by atoms with Crippen molar-refractivity contribution in [3.8, 4) is 0 Å². The van der Waals surface area contributed by atoms with Crippen LogP contribution in [0.1, 0.15) is 20.3 Å². The van der Waals surface area contributed by atoms with Gasteiger partial charge < -0.3 is 10.2 Å². The van der Waals surface area contributed by atoms with Gasteiger partial charge in [-0.25, -0.2) is 13.2 Å². The van der Waals surface area contributed by atoms with Gasteiger partial charge in [0.15, 0.2) is 17.5 Å². The Hall–Kier alpha value is -2.05. The third-order valence-corrected chi connectivity index (χ3v) is 2.56. The van der Waals surface area contributed by atoms with Gasteiger partial charge in [-0.3, -0.25) is 9.59 Å². The van der Waals surface area contributed by atoms with E-state index in [4.69, 9.17) is 0 Å². The number of hydrogen-bond donors (Lipinski definition) is 1. The first-order valence-electron chi connectivity index (χ1n) is 6.06. The van der Waals surface area contributed by atoms with Crippen LogP contribution in [0.5, 0.6) is 0 Å². The van der Waals surface area contributed by atoms with Gasteiger partial charge in [0, 0.05) is 13.5 Å². The van der Waals surface area contributed by atoms with Crippen LogP contribution in [0.3, 0.4) is 0 Å². The fourth-order valence-electron chi connectivity index (χ4n) is 1.55. The standard InChI is InChI=1S/C13H15F3N2O2/c1-3-6-17-11(20)7-18(8(2)19)10-5-4-9(14)12(15)13(10)16/h4-5H,3,6-7H2,1-2H3,(H,17,20). The van der Waals surface area contributed by atoms with Crippen molar-refractivity contribution in [1.82, 2.24) is 5.32 Å². The Morgan fingerprint density at radius 3 is 2.40 bits per heavy atom. The van der Waals surface area contributed by atoms with E-state index in [9.17, 15) is 22.8 Å². The Balaban J connectivity index is 3.00. The molecule has 0 aliphatic carbocycles. The number of hydrogen-bond acceptors (Lipinski definition) is 2. The normalized spacial score (nSPS) is 10.2. The van der Waals surface area contributed by atoms with Crippen LogP contribution in [0.25, 0.3) is 0 Å². The molecule has 0 saturated heterocycles. The van der Waals surface area contributed by atoms with E-state index in [0.29, 0.717) is 19.0 Å². The number of rotatable bonds is 5. The van der Waals surface area contributed by atoms with Crippen LogP contribution >= 0.6 is 0 Å². The molecule has 0 atom stereocenters. The first-order chi connectivity index (χ1) is 9.38. The first kappa shape index (κ1) is 16.0. The Morgan fingerprint density at radius 1 is 1.20 bits per heavy atom. The number of carbonyl (C=O) groups excluding carboxylic acids is 2. The minimum absolute atomic E-state index is 0.408. The minimum Gasteiger partial charge on any atom is -0.355 e. The molecule has 0 aliphatic heterocycles. The lowest BCUT2D eigenvalue weighted by Gasteiger charge is -2.21. The summed E-state index contributed by atoms with van der Waals surface area (Å²) >= 11 is 0. The van der Waals surface area contributed by atoms with Gasteiger partial charge in [-0.2, -0.15) is 0 Å². The number of carbonyl (C=O) groups is 2. The van der Waals surface area contributed by atoms with Gasteiger partial charge in [-0.15, -0.1) is 0 Å². The van der Waals surface area contributed by atoms with Crippen molar-refractivity contribution < 1.29 is 22.8 Å². The molecular formula is C13H15F3N2O2. The molecule has 4 nitrogen and oxygen atoms in total. The van der Waals surface area contributed by atoms with Crippen molar-refractivity contribution in [3.05, 3.63) is 29.6 Å². The fourth-order valence-corrected chi connectivity index (χ4v) is 1.55. The highest BCUT2D eigenvalue weighted by atomic mass is 19.2. The van der Waals surface area contributed by atoms with E-state index in [1.54, 1.807) is 0 Å². The van der Waals surface area contributed by atoms with Crippen LogP contribution in [0.4, 0.5) is 18.9 Å². The van der Waals surface area contributed by atoms with Gasteiger partial charge in [0.25, 0.3) is 0 Å². The third kappa shape index (κ3) is 3.72. The summed E-state index contributed by atoms with van der Waals surface area (Å²) in [6.07, 6.45) is 0.700. The van der Waals surface area contributed by atoms with Gasteiger partial charge in [-0.1, -0.05) is 6.92 Å². The van der Waals surface area contributed by atoms with Crippen LogP contribution in [0.2, 0.25) is 0 Å². The maximum absolute atomic E-state index is 13.6. The molecule has 0 heterocycles. The lowest BCUT2D eigenvalue weighted by atomic mass is 10.2. The summed E-state index contributed by atoms with van der Waals surface area (Å²) in [6.45, 7) is 2.90. The molecule has 20 heavy (non-hydrogen) atoms. The van der Waals surface area contributed by atoms with Crippen molar-refractivity contribution in [2.45, 2.75) is 20.3 Å². The summed E-state index contributed by atoms with van der Waals surface area (Å²) in [5.41, 5.74) is -0.469. The quantitative estimate of drug-likeness (QED) is 0.842. The van der Waals surface area contributed by atoms with Crippen molar-refractivity contribution in [2.75, 3.05) is 18.0 Å². The summed E-state index contributed by atoms with van der Waals surface area (Å²) in [4.78, 5) is 23.8. The Kier molecular flexibility index (Phi) is 5.54. The van der Waals surface area contributed by atoms with E-state index >= 15 is 0 Å². The highest BCUT2D eigenvalue weighted by molar-refractivity contribution is 5.97. The van der Waals surface area contributed by atoms with Gasteiger partial charge in [-0.05, 0) is 18.6 Å². The summed E-state index contributed by atoms with van der Waals surface area (Å²) in [5.74, 6) is -5.69. The smallest absolute Gasteiger partial charge is 0.240 e. The van der Waals surface area contributed by atoms with Crippen LogP contribution in [-0.4, -0.2) is 24.9 Å². The lowest BCUT2D eigenvalue weighted by Crippen LogP contribution is -2.40. The van der Waals surface area contributed by atoms with Crippen LogP contribution in [0, 0.1) is 17.5 Å². The molecule has 1 aromatic rings. The molecule has 1 N–H and O–H groups in total. The van der Waals surface area contributed by atoms with Crippen LogP contribution < -0.4 is 10.2 Å². The molecule has 0 spiro atoms. The maximum atomic E-state index is 13.6. The maximum Gasteiger partial charge on any atom is 0.240 e. The second-order valence-electron chi connectivity index (χ2n) is 4.15. The Bertz CT molecular complexity index is 521. The predicted molar refractivity (Wildman–Crippen MR) is 67.6 cm³/mol. The molecule has 0 saturated carbocycles. The summed E-state index contributed by atoms with van der Waals surface area (Å²) in [7, 11) is 0.